The average molecular weight is 341 g/mol. The molecule has 2 aromatic rings. The van der Waals surface area contributed by atoms with Crippen LogP contribution in [0.15, 0.2) is 34.9 Å². The van der Waals surface area contributed by atoms with Gasteiger partial charge >= 0.3 is 0 Å². The lowest BCUT2D eigenvalue weighted by Gasteiger charge is -2.23. The molecule has 2 fully saturated rings. The molecule has 5 heteroatoms. The van der Waals surface area contributed by atoms with Crippen LogP contribution in [0.1, 0.15) is 55.5 Å². The Morgan fingerprint density at radius 2 is 2.00 bits per heavy atom. The molecule has 1 saturated carbocycles. The van der Waals surface area contributed by atoms with Crippen LogP contribution in [0, 0.1) is 12.8 Å². The molecule has 2 aliphatic rings. The Hall–Kier alpha value is -1.72. The normalized spacial score (nSPS) is 29.3. The molecular weight excluding hydrogens is 314 g/mol. The van der Waals surface area contributed by atoms with E-state index in [-0.39, 0.29) is 12.2 Å². The molecule has 25 heavy (non-hydrogen) atoms. The minimum atomic E-state index is -0.0308. The molecular formula is C20H27N3O2. The number of nitrogens with one attached hydrogen (secondary N) is 1. The molecule has 1 N–H and O–H groups in total. The van der Waals surface area contributed by atoms with E-state index >= 15 is 0 Å². The quantitative estimate of drug-likeness (QED) is 0.870. The van der Waals surface area contributed by atoms with Crippen LogP contribution < -0.4 is 5.32 Å². The zero-order valence-corrected chi connectivity index (χ0v) is 14.9. The van der Waals surface area contributed by atoms with Gasteiger partial charge in [0.05, 0.1) is 6.10 Å². The van der Waals surface area contributed by atoms with Crippen molar-refractivity contribution < 1.29 is 9.26 Å². The summed E-state index contributed by atoms with van der Waals surface area (Å²) >= 11 is 0. The average Bonchev–Trinajstić information content (AvgIpc) is 3.35. The first-order chi connectivity index (χ1) is 12.3. The van der Waals surface area contributed by atoms with Gasteiger partial charge in [0.2, 0.25) is 0 Å². The van der Waals surface area contributed by atoms with Crippen molar-refractivity contribution in [2.75, 3.05) is 6.54 Å². The summed E-state index contributed by atoms with van der Waals surface area (Å²) in [5, 5.41) is 7.64. The van der Waals surface area contributed by atoms with Gasteiger partial charge in [-0.05, 0) is 50.5 Å². The fourth-order valence-corrected chi connectivity index (χ4v) is 4.23. The van der Waals surface area contributed by atoms with Crippen molar-refractivity contribution in [1.82, 2.24) is 15.5 Å². The van der Waals surface area contributed by atoms with Crippen LogP contribution in [0.2, 0.25) is 0 Å². The van der Waals surface area contributed by atoms with Gasteiger partial charge in [0, 0.05) is 12.6 Å². The van der Waals surface area contributed by atoms with Gasteiger partial charge in [0.15, 0.2) is 5.82 Å². The summed E-state index contributed by atoms with van der Waals surface area (Å²) in [7, 11) is 0. The molecule has 134 valence electrons. The second-order valence-electron chi connectivity index (χ2n) is 7.40. The number of aryl methyl sites for hydroxylation is 1. The molecule has 1 aliphatic heterocycles. The molecule has 0 radical (unpaired) electrons. The molecule has 0 bridgehead atoms. The van der Waals surface area contributed by atoms with Crippen molar-refractivity contribution in [3.8, 4) is 0 Å². The summed E-state index contributed by atoms with van der Waals surface area (Å²) in [5.74, 6) is 2.04. The van der Waals surface area contributed by atoms with Gasteiger partial charge in [-0.1, -0.05) is 41.9 Å². The number of ether oxygens (including phenoxy) is 1. The summed E-state index contributed by atoms with van der Waals surface area (Å²) in [6, 6.07) is 11.5. The van der Waals surface area contributed by atoms with Crippen molar-refractivity contribution in [1.29, 1.82) is 0 Å². The van der Waals surface area contributed by atoms with Crippen LogP contribution in [-0.2, 0) is 11.2 Å². The minimum Gasteiger partial charge on any atom is -0.364 e. The van der Waals surface area contributed by atoms with Crippen LogP contribution >= 0.6 is 0 Å². The topological polar surface area (TPSA) is 60.2 Å². The predicted octanol–water partition coefficient (Wildman–Crippen LogP) is 3.60. The third-order valence-electron chi connectivity index (χ3n) is 5.53. The van der Waals surface area contributed by atoms with Gasteiger partial charge < -0.3 is 14.6 Å². The van der Waals surface area contributed by atoms with E-state index in [9.17, 15) is 0 Å². The number of hydrogen-bond acceptors (Lipinski definition) is 5. The predicted molar refractivity (Wildman–Crippen MR) is 95.2 cm³/mol. The Balaban J connectivity index is 1.26. The second kappa shape index (κ2) is 7.67. The highest BCUT2D eigenvalue weighted by atomic mass is 16.5. The molecule has 0 unspecified atom stereocenters. The number of benzene rings is 1. The second-order valence-corrected chi connectivity index (χ2v) is 7.40. The SMILES string of the molecule is Cc1noc([C@@H]2CC[C@H](CN[C@@H]3CCC[C@H]3Cc3ccccc3)O2)n1. The lowest BCUT2D eigenvalue weighted by molar-refractivity contribution is 0.0246. The molecule has 4 atom stereocenters. The van der Waals surface area contributed by atoms with Gasteiger partial charge in [-0.3, -0.25) is 0 Å². The lowest BCUT2D eigenvalue weighted by atomic mass is 9.94. The summed E-state index contributed by atoms with van der Waals surface area (Å²) in [5.41, 5.74) is 1.45. The maximum Gasteiger partial charge on any atom is 0.255 e. The first-order valence-electron chi connectivity index (χ1n) is 9.51. The van der Waals surface area contributed by atoms with Crippen molar-refractivity contribution >= 4 is 0 Å². The van der Waals surface area contributed by atoms with Gasteiger partial charge in [0.25, 0.3) is 5.89 Å². The molecule has 5 nitrogen and oxygen atoms in total. The van der Waals surface area contributed by atoms with E-state index in [4.69, 9.17) is 9.26 Å². The number of nitrogens with zero attached hydrogens (tertiary/aromatic N) is 2. The first-order valence-corrected chi connectivity index (χ1v) is 9.51. The van der Waals surface area contributed by atoms with Crippen molar-refractivity contribution in [3.05, 3.63) is 47.6 Å². The smallest absolute Gasteiger partial charge is 0.255 e. The third-order valence-corrected chi connectivity index (χ3v) is 5.53. The van der Waals surface area contributed by atoms with Gasteiger partial charge in [-0.2, -0.15) is 4.98 Å². The van der Waals surface area contributed by atoms with Gasteiger partial charge in [-0.25, -0.2) is 0 Å². The monoisotopic (exact) mass is 341 g/mol. The number of aromatic nitrogens is 2. The molecule has 1 aliphatic carbocycles. The summed E-state index contributed by atoms with van der Waals surface area (Å²) in [6.45, 7) is 2.76. The standard InChI is InChI=1S/C20H27N3O2/c1-14-22-20(25-23-14)19-11-10-17(24-19)13-21-18-9-5-8-16(18)12-15-6-3-2-4-7-15/h2-4,6-7,16-19,21H,5,8-13H2,1H3/t16-,17+,18+,19-/m0/s1. The summed E-state index contributed by atoms with van der Waals surface area (Å²) < 4.78 is 11.4. The number of rotatable bonds is 6. The van der Waals surface area contributed by atoms with Crippen LogP contribution in [0.3, 0.4) is 0 Å². The molecule has 1 saturated heterocycles. The minimum absolute atomic E-state index is 0.0308. The van der Waals surface area contributed by atoms with E-state index in [2.05, 4.69) is 45.8 Å². The van der Waals surface area contributed by atoms with E-state index in [1.807, 2.05) is 6.92 Å². The van der Waals surface area contributed by atoms with Crippen LogP contribution in [0.5, 0.6) is 0 Å². The zero-order chi connectivity index (χ0) is 17.1. The van der Waals surface area contributed by atoms with E-state index in [1.165, 1.54) is 31.2 Å². The van der Waals surface area contributed by atoms with Crippen LogP contribution in [0.4, 0.5) is 0 Å². The highest BCUT2D eigenvalue weighted by molar-refractivity contribution is 5.16. The highest BCUT2D eigenvalue weighted by Crippen LogP contribution is 2.33. The zero-order valence-electron chi connectivity index (χ0n) is 14.9. The van der Waals surface area contributed by atoms with Crippen LogP contribution in [-0.4, -0.2) is 28.8 Å². The third kappa shape index (κ3) is 4.10. The fourth-order valence-electron chi connectivity index (χ4n) is 4.23. The lowest BCUT2D eigenvalue weighted by Crippen LogP contribution is -2.38. The van der Waals surface area contributed by atoms with Crippen LogP contribution in [0.25, 0.3) is 0 Å². The van der Waals surface area contributed by atoms with Crippen molar-refractivity contribution in [3.63, 3.8) is 0 Å². The van der Waals surface area contributed by atoms with E-state index in [0.29, 0.717) is 17.8 Å². The van der Waals surface area contributed by atoms with E-state index in [1.54, 1.807) is 0 Å². The maximum atomic E-state index is 6.12. The Labute approximate surface area is 149 Å². The molecule has 1 aromatic carbocycles. The van der Waals surface area contributed by atoms with Crippen molar-refractivity contribution in [2.45, 2.75) is 63.7 Å². The Morgan fingerprint density at radius 1 is 1.12 bits per heavy atom. The van der Waals surface area contributed by atoms with Gasteiger partial charge in [-0.15, -0.1) is 0 Å². The summed E-state index contributed by atoms with van der Waals surface area (Å²) in [6.07, 6.45) is 7.32. The van der Waals surface area contributed by atoms with E-state index < -0.39 is 0 Å². The largest absolute Gasteiger partial charge is 0.364 e. The Morgan fingerprint density at radius 3 is 2.80 bits per heavy atom. The molecule has 4 rings (SSSR count). The number of hydrogen-bond donors (Lipinski definition) is 1. The van der Waals surface area contributed by atoms with E-state index in [0.717, 1.165) is 25.3 Å². The molecule has 0 amide bonds. The molecule has 2 heterocycles. The molecule has 0 spiro atoms. The highest BCUT2D eigenvalue weighted by Gasteiger charge is 2.32. The molecule has 1 aromatic heterocycles. The summed E-state index contributed by atoms with van der Waals surface area (Å²) in [4.78, 5) is 4.30. The van der Waals surface area contributed by atoms with Crippen molar-refractivity contribution in [2.24, 2.45) is 5.92 Å². The van der Waals surface area contributed by atoms with Gasteiger partial charge in [0.1, 0.15) is 6.10 Å². The Bertz CT molecular complexity index is 673. The fraction of sp³-hybridized carbons (Fsp3) is 0.600. The first kappa shape index (κ1) is 16.7. The maximum absolute atomic E-state index is 6.12. The Kier molecular flexibility index (Phi) is 5.13.